The van der Waals surface area contributed by atoms with Crippen molar-refractivity contribution >= 4 is 10.0 Å². The van der Waals surface area contributed by atoms with Gasteiger partial charge < -0.3 is 5.32 Å². The van der Waals surface area contributed by atoms with Gasteiger partial charge in [0, 0.05) is 20.1 Å². The smallest absolute Gasteiger partial charge is 0.215 e. The molecular weight excluding hydrogens is 212 g/mol. The van der Waals surface area contributed by atoms with Crippen molar-refractivity contribution in [2.45, 2.75) is 26.2 Å². The van der Waals surface area contributed by atoms with Crippen molar-refractivity contribution in [3.63, 3.8) is 0 Å². The van der Waals surface area contributed by atoms with E-state index in [9.17, 15) is 8.42 Å². The first-order valence-corrected chi connectivity index (χ1v) is 7.32. The first-order valence-electron chi connectivity index (χ1n) is 5.71. The van der Waals surface area contributed by atoms with E-state index in [-0.39, 0.29) is 5.75 Å². The van der Waals surface area contributed by atoms with Crippen molar-refractivity contribution < 1.29 is 8.42 Å². The maximum Gasteiger partial charge on any atom is 0.215 e. The minimum absolute atomic E-state index is 0.218. The molecule has 15 heavy (non-hydrogen) atoms. The van der Waals surface area contributed by atoms with Crippen LogP contribution in [0.5, 0.6) is 0 Å². The fourth-order valence-corrected chi connectivity index (χ4v) is 2.59. The van der Waals surface area contributed by atoms with Crippen molar-refractivity contribution in [1.82, 2.24) is 9.62 Å². The second-order valence-corrected chi connectivity index (χ2v) is 6.49. The Bertz CT molecular complexity index is 273. The van der Waals surface area contributed by atoms with Gasteiger partial charge in [-0.1, -0.05) is 6.92 Å². The lowest BCUT2D eigenvalue weighted by atomic mass is 10.4. The van der Waals surface area contributed by atoms with Crippen molar-refractivity contribution in [2.24, 2.45) is 5.92 Å². The van der Waals surface area contributed by atoms with Gasteiger partial charge in [0.15, 0.2) is 0 Å². The Morgan fingerprint density at radius 3 is 2.53 bits per heavy atom. The lowest BCUT2D eigenvalue weighted by molar-refractivity contribution is 0.451. The van der Waals surface area contributed by atoms with E-state index in [1.807, 2.05) is 0 Å². The van der Waals surface area contributed by atoms with Crippen LogP contribution in [-0.2, 0) is 10.0 Å². The zero-order valence-corrected chi connectivity index (χ0v) is 10.5. The SMILES string of the molecule is CCCNCCS(=O)(=O)N(C)CC1CC1. The molecule has 1 fully saturated rings. The average molecular weight is 234 g/mol. The van der Waals surface area contributed by atoms with Crippen LogP contribution in [0.15, 0.2) is 0 Å². The number of nitrogens with zero attached hydrogens (tertiary/aromatic N) is 1. The Morgan fingerprint density at radius 2 is 2.00 bits per heavy atom. The number of hydrogen-bond acceptors (Lipinski definition) is 3. The molecule has 5 heteroatoms. The molecule has 0 atom stereocenters. The summed E-state index contributed by atoms with van der Waals surface area (Å²) in [5.74, 6) is 0.837. The second kappa shape index (κ2) is 5.82. The van der Waals surface area contributed by atoms with Crippen molar-refractivity contribution in [1.29, 1.82) is 0 Å². The zero-order valence-electron chi connectivity index (χ0n) is 9.70. The molecule has 1 rings (SSSR count). The number of rotatable bonds is 8. The zero-order chi connectivity index (χ0) is 11.3. The van der Waals surface area contributed by atoms with Gasteiger partial charge in [0.1, 0.15) is 0 Å². The van der Waals surface area contributed by atoms with Crippen molar-refractivity contribution in [3.05, 3.63) is 0 Å². The Hall–Kier alpha value is -0.130. The molecule has 0 amide bonds. The van der Waals surface area contributed by atoms with Gasteiger partial charge in [0.2, 0.25) is 10.0 Å². The van der Waals surface area contributed by atoms with Crippen LogP contribution in [0.25, 0.3) is 0 Å². The van der Waals surface area contributed by atoms with Gasteiger partial charge in [0.05, 0.1) is 5.75 Å². The summed E-state index contributed by atoms with van der Waals surface area (Å²) < 4.78 is 25.0. The van der Waals surface area contributed by atoms with Gasteiger partial charge in [-0.25, -0.2) is 12.7 Å². The molecule has 0 aromatic carbocycles. The van der Waals surface area contributed by atoms with E-state index in [1.165, 1.54) is 17.1 Å². The molecule has 1 saturated carbocycles. The van der Waals surface area contributed by atoms with Crippen LogP contribution < -0.4 is 5.32 Å². The molecular formula is C10H22N2O2S. The first-order chi connectivity index (χ1) is 7.06. The van der Waals surface area contributed by atoms with Crippen molar-refractivity contribution in [2.75, 3.05) is 32.4 Å². The molecule has 0 spiro atoms. The molecule has 0 radical (unpaired) electrons. The van der Waals surface area contributed by atoms with Gasteiger partial charge in [-0.3, -0.25) is 0 Å². The van der Waals surface area contributed by atoms with Crippen LogP contribution in [0.1, 0.15) is 26.2 Å². The third-order valence-electron chi connectivity index (χ3n) is 2.65. The first kappa shape index (κ1) is 12.9. The minimum Gasteiger partial charge on any atom is -0.316 e. The largest absolute Gasteiger partial charge is 0.316 e. The predicted octanol–water partition coefficient (Wildman–Crippen LogP) is 0.658. The Kier molecular flexibility index (Phi) is 5.02. The van der Waals surface area contributed by atoms with E-state index >= 15 is 0 Å². The summed E-state index contributed by atoms with van der Waals surface area (Å²) >= 11 is 0. The summed E-state index contributed by atoms with van der Waals surface area (Å²) in [7, 11) is -1.34. The molecule has 0 bridgehead atoms. The molecule has 0 aromatic rings. The summed E-state index contributed by atoms with van der Waals surface area (Å²) in [5.41, 5.74) is 0. The lowest BCUT2D eigenvalue weighted by Gasteiger charge is -2.16. The lowest BCUT2D eigenvalue weighted by Crippen LogP contribution is -2.35. The van der Waals surface area contributed by atoms with Gasteiger partial charge in [-0.15, -0.1) is 0 Å². The van der Waals surface area contributed by atoms with E-state index in [0.29, 0.717) is 19.0 Å². The Balaban J connectivity index is 2.23. The van der Waals surface area contributed by atoms with Gasteiger partial charge in [-0.2, -0.15) is 0 Å². The highest BCUT2D eigenvalue weighted by Gasteiger charge is 2.27. The highest BCUT2D eigenvalue weighted by molar-refractivity contribution is 7.89. The molecule has 1 N–H and O–H groups in total. The maximum atomic E-state index is 11.7. The number of sulfonamides is 1. The second-order valence-electron chi connectivity index (χ2n) is 4.29. The van der Waals surface area contributed by atoms with Gasteiger partial charge in [-0.05, 0) is 31.7 Å². The molecule has 1 aliphatic carbocycles. The summed E-state index contributed by atoms with van der Waals surface area (Å²) in [6.07, 6.45) is 3.42. The molecule has 0 aromatic heterocycles. The van der Waals surface area contributed by atoms with E-state index in [2.05, 4.69) is 12.2 Å². The normalized spacial score (nSPS) is 17.3. The van der Waals surface area contributed by atoms with E-state index in [4.69, 9.17) is 0 Å². The van der Waals surface area contributed by atoms with E-state index in [1.54, 1.807) is 7.05 Å². The van der Waals surface area contributed by atoms with E-state index in [0.717, 1.165) is 13.0 Å². The predicted molar refractivity (Wildman–Crippen MR) is 62.3 cm³/mol. The van der Waals surface area contributed by atoms with Gasteiger partial charge in [0.25, 0.3) is 0 Å². The topological polar surface area (TPSA) is 49.4 Å². The third-order valence-corrected chi connectivity index (χ3v) is 4.47. The molecule has 4 nitrogen and oxygen atoms in total. The maximum absolute atomic E-state index is 11.7. The summed E-state index contributed by atoms with van der Waals surface area (Å²) in [5, 5.41) is 3.11. The third kappa shape index (κ3) is 4.95. The average Bonchev–Trinajstić information content (AvgIpc) is 2.96. The highest BCUT2D eigenvalue weighted by atomic mass is 32.2. The Morgan fingerprint density at radius 1 is 1.33 bits per heavy atom. The number of hydrogen-bond donors (Lipinski definition) is 1. The summed E-state index contributed by atoms with van der Waals surface area (Å²) in [6.45, 7) is 4.23. The van der Waals surface area contributed by atoms with Crippen LogP contribution in [0.4, 0.5) is 0 Å². The summed E-state index contributed by atoms with van der Waals surface area (Å²) in [6, 6.07) is 0. The molecule has 0 saturated heterocycles. The molecule has 1 aliphatic rings. The fraction of sp³-hybridized carbons (Fsp3) is 1.00. The molecule has 0 aliphatic heterocycles. The quantitative estimate of drug-likeness (QED) is 0.628. The number of nitrogens with one attached hydrogen (secondary N) is 1. The molecule has 90 valence electrons. The van der Waals surface area contributed by atoms with Crippen LogP contribution in [0, 0.1) is 5.92 Å². The molecule has 0 unspecified atom stereocenters. The van der Waals surface area contributed by atoms with E-state index < -0.39 is 10.0 Å². The Labute approximate surface area is 93.1 Å². The standard InChI is InChI=1S/C10H22N2O2S/c1-3-6-11-7-8-15(13,14)12(2)9-10-4-5-10/h10-11H,3-9H2,1-2H3. The van der Waals surface area contributed by atoms with Crippen LogP contribution in [0.2, 0.25) is 0 Å². The van der Waals surface area contributed by atoms with Gasteiger partial charge >= 0.3 is 0 Å². The van der Waals surface area contributed by atoms with Crippen LogP contribution in [-0.4, -0.2) is 45.2 Å². The molecule has 0 heterocycles. The van der Waals surface area contributed by atoms with Crippen LogP contribution in [0.3, 0.4) is 0 Å². The monoisotopic (exact) mass is 234 g/mol. The minimum atomic E-state index is -3.02. The summed E-state index contributed by atoms with van der Waals surface area (Å²) in [4.78, 5) is 0. The van der Waals surface area contributed by atoms with Crippen molar-refractivity contribution in [3.8, 4) is 0 Å². The fourth-order valence-electron chi connectivity index (χ4n) is 1.44. The highest BCUT2D eigenvalue weighted by Crippen LogP contribution is 2.29. The van der Waals surface area contributed by atoms with Crippen LogP contribution >= 0.6 is 0 Å².